The highest BCUT2D eigenvalue weighted by Crippen LogP contribution is 2.34. The zero-order valence-corrected chi connectivity index (χ0v) is 9.32. The van der Waals surface area contributed by atoms with Gasteiger partial charge in [0.05, 0.1) is 13.2 Å². The summed E-state index contributed by atoms with van der Waals surface area (Å²) < 4.78 is 10.9. The van der Waals surface area contributed by atoms with Crippen LogP contribution in [0.5, 0.6) is 5.75 Å². The van der Waals surface area contributed by atoms with Gasteiger partial charge >= 0.3 is 0 Å². The normalized spacial score (nSPS) is 23.9. The first-order valence-corrected chi connectivity index (χ1v) is 5.94. The molecule has 0 aromatic heterocycles. The lowest BCUT2D eigenvalue weighted by atomic mass is 10.0. The molecule has 1 aromatic rings. The van der Waals surface area contributed by atoms with Crippen LogP contribution in [0, 0.1) is 0 Å². The quantitative estimate of drug-likeness (QED) is 0.837. The van der Waals surface area contributed by atoms with E-state index in [1.165, 1.54) is 17.5 Å². The Morgan fingerprint density at radius 3 is 2.94 bits per heavy atom. The van der Waals surface area contributed by atoms with E-state index in [0.717, 1.165) is 31.9 Å². The van der Waals surface area contributed by atoms with Gasteiger partial charge in [-0.3, -0.25) is 0 Å². The topological polar surface area (TPSA) is 44.5 Å². The third-order valence-electron chi connectivity index (χ3n) is 3.51. The molecule has 1 unspecified atom stereocenters. The highest BCUT2D eigenvalue weighted by atomic mass is 16.6. The second-order valence-electron chi connectivity index (χ2n) is 4.61. The highest BCUT2D eigenvalue weighted by Gasteiger charge is 2.23. The summed E-state index contributed by atoms with van der Waals surface area (Å²) in [6, 6.07) is 6.41. The Bertz CT molecular complexity index is 388. The molecule has 2 N–H and O–H groups in total. The summed E-state index contributed by atoms with van der Waals surface area (Å²) in [5, 5.41) is 0. The number of hydrogen-bond acceptors (Lipinski definition) is 3. The molecule has 3 heteroatoms. The number of benzene rings is 1. The van der Waals surface area contributed by atoms with Gasteiger partial charge in [-0.05, 0) is 48.6 Å². The molecule has 1 aromatic carbocycles. The SMILES string of the molecule is NCC1CCc2cc(OC3COC3)ccc21. The Morgan fingerprint density at radius 1 is 1.38 bits per heavy atom. The van der Waals surface area contributed by atoms with Gasteiger partial charge in [0.1, 0.15) is 11.9 Å². The summed E-state index contributed by atoms with van der Waals surface area (Å²) in [6.45, 7) is 2.20. The molecule has 0 spiro atoms. The van der Waals surface area contributed by atoms with E-state index in [9.17, 15) is 0 Å². The van der Waals surface area contributed by atoms with Gasteiger partial charge in [0.15, 0.2) is 0 Å². The van der Waals surface area contributed by atoms with Crippen molar-refractivity contribution in [3.63, 3.8) is 0 Å². The predicted octanol–water partition coefficient (Wildman–Crippen LogP) is 1.45. The number of rotatable bonds is 3. The minimum atomic E-state index is 0.254. The summed E-state index contributed by atoms with van der Waals surface area (Å²) in [7, 11) is 0. The van der Waals surface area contributed by atoms with Crippen molar-refractivity contribution in [2.45, 2.75) is 24.9 Å². The molecule has 2 aliphatic rings. The first kappa shape index (κ1) is 10.1. The smallest absolute Gasteiger partial charge is 0.145 e. The van der Waals surface area contributed by atoms with E-state index in [0.29, 0.717) is 5.92 Å². The molecule has 1 aliphatic carbocycles. The van der Waals surface area contributed by atoms with Gasteiger partial charge in [-0.1, -0.05) is 6.07 Å². The van der Waals surface area contributed by atoms with Gasteiger partial charge in [0.25, 0.3) is 0 Å². The fourth-order valence-corrected chi connectivity index (χ4v) is 2.47. The van der Waals surface area contributed by atoms with Crippen LogP contribution in [0.15, 0.2) is 18.2 Å². The second-order valence-corrected chi connectivity index (χ2v) is 4.61. The van der Waals surface area contributed by atoms with Crippen LogP contribution < -0.4 is 10.5 Å². The lowest BCUT2D eigenvalue weighted by Crippen LogP contribution is -2.38. The van der Waals surface area contributed by atoms with Crippen molar-refractivity contribution in [1.29, 1.82) is 0 Å². The monoisotopic (exact) mass is 219 g/mol. The maximum atomic E-state index is 5.79. The minimum Gasteiger partial charge on any atom is -0.486 e. The summed E-state index contributed by atoms with van der Waals surface area (Å²) in [5.74, 6) is 1.53. The molecule has 0 amide bonds. The van der Waals surface area contributed by atoms with Gasteiger partial charge in [-0.25, -0.2) is 0 Å². The third kappa shape index (κ3) is 1.70. The maximum Gasteiger partial charge on any atom is 0.145 e. The predicted molar refractivity (Wildman–Crippen MR) is 61.8 cm³/mol. The largest absolute Gasteiger partial charge is 0.486 e. The van der Waals surface area contributed by atoms with Gasteiger partial charge in [-0.2, -0.15) is 0 Å². The zero-order chi connectivity index (χ0) is 11.0. The number of fused-ring (bicyclic) bond motifs is 1. The fourth-order valence-electron chi connectivity index (χ4n) is 2.47. The van der Waals surface area contributed by atoms with Crippen LogP contribution >= 0.6 is 0 Å². The van der Waals surface area contributed by atoms with E-state index in [1.807, 2.05) is 0 Å². The van der Waals surface area contributed by atoms with E-state index in [1.54, 1.807) is 0 Å². The van der Waals surface area contributed by atoms with Crippen LogP contribution in [-0.2, 0) is 11.2 Å². The van der Waals surface area contributed by atoms with Crippen molar-refractivity contribution >= 4 is 0 Å². The fraction of sp³-hybridized carbons (Fsp3) is 0.538. The van der Waals surface area contributed by atoms with Crippen molar-refractivity contribution in [2.75, 3.05) is 19.8 Å². The van der Waals surface area contributed by atoms with Crippen molar-refractivity contribution < 1.29 is 9.47 Å². The Morgan fingerprint density at radius 2 is 2.25 bits per heavy atom. The number of hydrogen-bond donors (Lipinski definition) is 1. The molecule has 3 rings (SSSR count). The number of ether oxygens (including phenoxy) is 2. The standard InChI is InChI=1S/C13H17NO2/c14-6-10-2-1-9-5-11(3-4-13(9)10)16-12-7-15-8-12/h3-5,10,12H,1-2,6-8,14H2. The summed E-state index contributed by atoms with van der Waals surface area (Å²) in [6.07, 6.45) is 2.57. The third-order valence-corrected chi connectivity index (χ3v) is 3.51. The number of nitrogens with two attached hydrogens (primary N) is 1. The lowest BCUT2D eigenvalue weighted by Gasteiger charge is -2.27. The molecule has 0 saturated carbocycles. The maximum absolute atomic E-state index is 5.79. The van der Waals surface area contributed by atoms with Crippen molar-refractivity contribution in [3.8, 4) is 5.75 Å². The van der Waals surface area contributed by atoms with Crippen LogP contribution in [0.4, 0.5) is 0 Å². The van der Waals surface area contributed by atoms with Gasteiger partial charge in [-0.15, -0.1) is 0 Å². The van der Waals surface area contributed by atoms with Crippen LogP contribution in [-0.4, -0.2) is 25.9 Å². The molecule has 1 fully saturated rings. The molecular weight excluding hydrogens is 202 g/mol. The van der Waals surface area contributed by atoms with Crippen molar-refractivity contribution in [3.05, 3.63) is 29.3 Å². The van der Waals surface area contributed by atoms with E-state index < -0.39 is 0 Å². The van der Waals surface area contributed by atoms with Crippen LogP contribution in [0.25, 0.3) is 0 Å². The minimum absolute atomic E-state index is 0.254. The van der Waals surface area contributed by atoms with E-state index >= 15 is 0 Å². The Kier molecular flexibility index (Phi) is 2.58. The van der Waals surface area contributed by atoms with Crippen LogP contribution in [0.3, 0.4) is 0 Å². The molecule has 86 valence electrons. The Balaban J connectivity index is 1.77. The number of aryl methyl sites for hydroxylation is 1. The summed E-state index contributed by atoms with van der Waals surface area (Å²) >= 11 is 0. The molecular formula is C13H17NO2. The molecule has 1 heterocycles. The van der Waals surface area contributed by atoms with Gasteiger partial charge < -0.3 is 15.2 Å². The van der Waals surface area contributed by atoms with Crippen LogP contribution in [0.2, 0.25) is 0 Å². The molecule has 1 atom stereocenters. The Labute approximate surface area is 95.5 Å². The molecule has 0 bridgehead atoms. The average molecular weight is 219 g/mol. The summed E-state index contributed by atoms with van der Waals surface area (Å²) in [5.41, 5.74) is 8.58. The molecule has 16 heavy (non-hydrogen) atoms. The average Bonchev–Trinajstić information content (AvgIpc) is 2.65. The molecule has 3 nitrogen and oxygen atoms in total. The zero-order valence-electron chi connectivity index (χ0n) is 9.32. The molecule has 1 saturated heterocycles. The van der Waals surface area contributed by atoms with Crippen molar-refractivity contribution in [1.82, 2.24) is 0 Å². The van der Waals surface area contributed by atoms with E-state index in [2.05, 4.69) is 18.2 Å². The van der Waals surface area contributed by atoms with E-state index in [-0.39, 0.29) is 6.10 Å². The molecule has 0 radical (unpaired) electrons. The highest BCUT2D eigenvalue weighted by molar-refractivity contribution is 5.41. The van der Waals surface area contributed by atoms with E-state index in [4.69, 9.17) is 15.2 Å². The Hall–Kier alpha value is -1.06. The first-order valence-electron chi connectivity index (χ1n) is 5.94. The second kappa shape index (κ2) is 4.07. The van der Waals surface area contributed by atoms with Gasteiger partial charge in [0.2, 0.25) is 0 Å². The first-order chi connectivity index (χ1) is 7.86. The van der Waals surface area contributed by atoms with Crippen molar-refractivity contribution in [2.24, 2.45) is 5.73 Å². The summed E-state index contributed by atoms with van der Waals surface area (Å²) in [4.78, 5) is 0. The van der Waals surface area contributed by atoms with Gasteiger partial charge in [0, 0.05) is 0 Å². The lowest BCUT2D eigenvalue weighted by molar-refractivity contribution is -0.0797. The van der Waals surface area contributed by atoms with Crippen LogP contribution in [0.1, 0.15) is 23.5 Å². The molecule has 1 aliphatic heterocycles.